The van der Waals surface area contributed by atoms with Gasteiger partial charge >= 0.3 is 6.03 Å². The van der Waals surface area contributed by atoms with Crippen molar-refractivity contribution in [3.63, 3.8) is 0 Å². The number of hydrogen-bond acceptors (Lipinski definition) is 4. The topological polar surface area (TPSA) is 57.7 Å². The van der Waals surface area contributed by atoms with Crippen LogP contribution in [-0.4, -0.2) is 60.5 Å². The number of nitrogens with one attached hydrogen (secondary N) is 1. The summed E-state index contributed by atoms with van der Waals surface area (Å²) in [5, 5.41) is 3.18. The molecule has 0 spiro atoms. The first-order chi connectivity index (χ1) is 16.1. The maximum Gasteiger partial charge on any atom is 0.321 e. The van der Waals surface area contributed by atoms with E-state index in [0.717, 1.165) is 29.5 Å². The summed E-state index contributed by atoms with van der Waals surface area (Å²) in [6, 6.07) is 9.88. The number of urea groups is 1. The zero-order chi connectivity index (χ0) is 24.5. The molecule has 0 bridgehead atoms. The predicted octanol–water partition coefficient (Wildman–Crippen LogP) is 5.66. The molecule has 1 aromatic carbocycles. The van der Waals surface area contributed by atoms with Crippen molar-refractivity contribution in [2.75, 3.05) is 43.5 Å². The highest BCUT2D eigenvalue weighted by Gasteiger charge is 2.37. The van der Waals surface area contributed by atoms with Crippen molar-refractivity contribution in [2.24, 2.45) is 5.92 Å². The summed E-state index contributed by atoms with van der Waals surface area (Å²) >= 11 is 0. The summed E-state index contributed by atoms with van der Waals surface area (Å²) in [4.78, 5) is 21.8. The van der Waals surface area contributed by atoms with Crippen molar-refractivity contribution < 1.29 is 13.9 Å². The summed E-state index contributed by atoms with van der Waals surface area (Å²) < 4.78 is 20.4. The maximum atomic E-state index is 14.7. The molecule has 6 nitrogen and oxygen atoms in total. The Hall–Kier alpha value is -2.67. The molecule has 2 fully saturated rings. The fourth-order valence-electron chi connectivity index (χ4n) is 5.15. The number of aromatic nitrogens is 1. The zero-order valence-corrected chi connectivity index (χ0v) is 21.0. The second-order valence-electron chi connectivity index (χ2n) is 10.5. The van der Waals surface area contributed by atoms with Gasteiger partial charge in [0.15, 0.2) is 5.82 Å². The molecule has 2 saturated heterocycles. The van der Waals surface area contributed by atoms with Gasteiger partial charge in [-0.1, -0.05) is 24.3 Å². The number of amides is 2. The largest absolute Gasteiger partial charge is 0.379 e. The molecule has 4 rings (SSSR count). The molecule has 2 amide bonds. The highest BCUT2D eigenvalue weighted by molar-refractivity contribution is 5.99. The highest BCUT2D eigenvalue weighted by Crippen LogP contribution is 2.40. The van der Waals surface area contributed by atoms with Gasteiger partial charge in [0, 0.05) is 44.9 Å². The molecule has 184 valence electrons. The molecule has 1 N–H and O–H groups in total. The van der Waals surface area contributed by atoms with E-state index < -0.39 is 5.67 Å². The van der Waals surface area contributed by atoms with Crippen molar-refractivity contribution in [3.8, 4) is 11.1 Å². The number of piperidine rings is 1. The molecule has 34 heavy (non-hydrogen) atoms. The van der Waals surface area contributed by atoms with Gasteiger partial charge in [-0.3, -0.25) is 0 Å². The van der Waals surface area contributed by atoms with Gasteiger partial charge < -0.3 is 19.9 Å². The van der Waals surface area contributed by atoms with Gasteiger partial charge in [0.2, 0.25) is 0 Å². The molecule has 0 saturated carbocycles. The van der Waals surface area contributed by atoms with E-state index >= 15 is 0 Å². The summed E-state index contributed by atoms with van der Waals surface area (Å²) in [7, 11) is 1.75. The fraction of sp³-hybridized carbons (Fsp3) is 0.556. The molecule has 3 heterocycles. The molecule has 2 aliphatic heterocycles. The van der Waals surface area contributed by atoms with E-state index in [0.29, 0.717) is 43.5 Å². The predicted molar refractivity (Wildman–Crippen MR) is 135 cm³/mol. The van der Waals surface area contributed by atoms with Crippen LogP contribution in [0.5, 0.6) is 0 Å². The lowest BCUT2D eigenvalue weighted by Gasteiger charge is -2.39. The average Bonchev–Trinajstić information content (AvgIpc) is 3.19. The van der Waals surface area contributed by atoms with Gasteiger partial charge in [-0.15, -0.1) is 0 Å². The first kappa shape index (κ1) is 24.5. The highest BCUT2D eigenvalue weighted by atomic mass is 19.1. The Bertz CT molecular complexity index is 1030. The molecule has 2 aromatic rings. The van der Waals surface area contributed by atoms with E-state index in [2.05, 4.69) is 37.1 Å². The van der Waals surface area contributed by atoms with Crippen LogP contribution in [-0.2, 0) is 4.74 Å². The monoisotopic (exact) mass is 468 g/mol. The number of nitrogens with zero attached hydrogens (tertiary/aromatic N) is 3. The van der Waals surface area contributed by atoms with E-state index in [1.54, 1.807) is 20.2 Å². The number of methoxy groups -OCH3 is 1. The first-order valence-electron chi connectivity index (χ1n) is 12.2. The molecular formula is C27H37FN4O2. The fourth-order valence-corrected chi connectivity index (χ4v) is 5.15. The van der Waals surface area contributed by atoms with Crippen molar-refractivity contribution in [1.29, 1.82) is 0 Å². The summed E-state index contributed by atoms with van der Waals surface area (Å²) in [5.74, 6) is 1.04. The minimum absolute atomic E-state index is 0.139. The third kappa shape index (κ3) is 5.04. The van der Waals surface area contributed by atoms with Gasteiger partial charge in [-0.25, -0.2) is 14.2 Å². The standard InChI is InChI=1S/C27H37FN4O2/c1-19-8-6-7-9-21(19)22-10-14-29-24(32-17-13-27(4,28)18-32)23(22)30-25(33)31-15-11-20(12-16-31)26(2,3)34-5/h6-10,14,20H,11-13,15-18H2,1-5H3,(H,30,33). The normalized spacial score (nSPS) is 21.7. The number of carbonyl (C=O) groups excluding carboxylic acids is 1. The number of alkyl halides is 1. The van der Waals surface area contributed by atoms with Gasteiger partial charge in [-0.05, 0) is 63.6 Å². The minimum Gasteiger partial charge on any atom is -0.379 e. The van der Waals surface area contributed by atoms with E-state index in [1.165, 1.54) is 0 Å². The lowest BCUT2D eigenvalue weighted by atomic mass is 9.83. The van der Waals surface area contributed by atoms with Crippen LogP contribution in [0.4, 0.5) is 20.7 Å². The molecule has 1 atom stereocenters. The minimum atomic E-state index is -1.27. The van der Waals surface area contributed by atoms with Crippen molar-refractivity contribution in [2.45, 2.75) is 58.2 Å². The van der Waals surface area contributed by atoms with Crippen LogP contribution >= 0.6 is 0 Å². The average molecular weight is 469 g/mol. The number of pyridine rings is 1. The Morgan fingerprint density at radius 1 is 1.18 bits per heavy atom. The molecule has 0 aliphatic carbocycles. The molecule has 0 radical (unpaired) electrons. The molecule has 7 heteroatoms. The smallest absolute Gasteiger partial charge is 0.321 e. The second kappa shape index (κ2) is 9.53. The molecule has 1 aromatic heterocycles. The number of anilines is 2. The summed E-state index contributed by atoms with van der Waals surface area (Å²) in [5.41, 5.74) is 2.22. The molecular weight excluding hydrogens is 431 g/mol. The van der Waals surface area contributed by atoms with E-state index in [-0.39, 0.29) is 18.2 Å². The van der Waals surface area contributed by atoms with Crippen LogP contribution in [0, 0.1) is 12.8 Å². The number of ether oxygens (including phenoxy) is 1. The lowest BCUT2D eigenvalue weighted by Crippen LogP contribution is -2.46. The quantitative estimate of drug-likeness (QED) is 0.615. The van der Waals surface area contributed by atoms with Crippen molar-refractivity contribution in [1.82, 2.24) is 9.88 Å². The Labute approximate surface area is 202 Å². The first-order valence-corrected chi connectivity index (χ1v) is 12.2. The van der Waals surface area contributed by atoms with E-state index in [4.69, 9.17) is 4.74 Å². The SMILES string of the molecule is COC(C)(C)C1CCN(C(=O)Nc2c(-c3ccccc3C)ccnc2N2CCC(C)(F)C2)CC1. The van der Waals surface area contributed by atoms with E-state index in [9.17, 15) is 9.18 Å². The summed E-state index contributed by atoms with van der Waals surface area (Å²) in [6.45, 7) is 10.1. The number of hydrogen-bond donors (Lipinski definition) is 1. The van der Waals surface area contributed by atoms with Gasteiger partial charge in [-0.2, -0.15) is 0 Å². The van der Waals surface area contributed by atoms with Crippen LogP contribution in [0.3, 0.4) is 0 Å². The zero-order valence-electron chi connectivity index (χ0n) is 21.0. The van der Waals surface area contributed by atoms with Gasteiger partial charge in [0.1, 0.15) is 5.67 Å². The third-order valence-electron chi connectivity index (χ3n) is 7.61. The van der Waals surface area contributed by atoms with Gasteiger partial charge in [0.05, 0.1) is 17.8 Å². The number of aryl methyl sites for hydroxylation is 1. The number of carbonyl (C=O) groups is 1. The lowest BCUT2D eigenvalue weighted by molar-refractivity contribution is -0.0449. The van der Waals surface area contributed by atoms with Crippen LogP contribution in [0.15, 0.2) is 36.5 Å². The Morgan fingerprint density at radius 2 is 1.88 bits per heavy atom. The number of halogens is 1. The Morgan fingerprint density at radius 3 is 2.50 bits per heavy atom. The maximum absolute atomic E-state index is 14.7. The van der Waals surface area contributed by atoms with Crippen molar-refractivity contribution in [3.05, 3.63) is 42.1 Å². The van der Waals surface area contributed by atoms with E-state index in [1.807, 2.05) is 34.1 Å². The van der Waals surface area contributed by atoms with Crippen LogP contribution in [0.1, 0.15) is 45.6 Å². The van der Waals surface area contributed by atoms with Crippen LogP contribution < -0.4 is 10.2 Å². The number of likely N-dealkylation sites (tertiary alicyclic amines) is 1. The number of benzene rings is 1. The molecule has 2 aliphatic rings. The Kier molecular flexibility index (Phi) is 6.85. The van der Waals surface area contributed by atoms with Crippen LogP contribution in [0.2, 0.25) is 0 Å². The van der Waals surface area contributed by atoms with Crippen molar-refractivity contribution >= 4 is 17.5 Å². The van der Waals surface area contributed by atoms with Gasteiger partial charge in [0.25, 0.3) is 0 Å². The molecule has 1 unspecified atom stereocenters. The number of rotatable bonds is 5. The summed E-state index contributed by atoms with van der Waals surface area (Å²) in [6.07, 6.45) is 3.98. The third-order valence-corrected chi connectivity index (χ3v) is 7.61. The Balaban J connectivity index is 1.62. The van der Waals surface area contributed by atoms with Crippen LogP contribution in [0.25, 0.3) is 11.1 Å². The second-order valence-corrected chi connectivity index (χ2v) is 10.5.